The van der Waals surface area contributed by atoms with E-state index in [1.54, 1.807) is 0 Å². The van der Waals surface area contributed by atoms with Crippen LogP contribution in [0.4, 0.5) is 0 Å². The van der Waals surface area contributed by atoms with Gasteiger partial charge in [0.25, 0.3) is 0 Å². The maximum absolute atomic E-state index is 5.23. The van der Waals surface area contributed by atoms with E-state index in [0.717, 1.165) is 33.1 Å². The Morgan fingerprint density at radius 3 is 2.06 bits per heavy atom. The van der Waals surface area contributed by atoms with Crippen LogP contribution in [0.15, 0.2) is 134 Å². The van der Waals surface area contributed by atoms with E-state index in [1.165, 1.54) is 33.0 Å². The minimum Gasteiger partial charge on any atom is -0.254 e. The molecule has 168 valence electrons. The Labute approximate surface area is 209 Å². The van der Waals surface area contributed by atoms with Crippen LogP contribution in [0, 0.1) is 0 Å². The van der Waals surface area contributed by atoms with Gasteiger partial charge in [0.2, 0.25) is 0 Å². The Bertz CT molecular complexity index is 1890. The molecular formula is C34H22N2. The lowest BCUT2D eigenvalue weighted by Gasteiger charge is -2.15. The first kappa shape index (κ1) is 20.5. The zero-order valence-corrected chi connectivity index (χ0v) is 19.6. The van der Waals surface area contributed by atoms with Gasteiger partial charge in [-0.15, -0.1) is 0 Å². The maximum Gasteiger partial charge on any atom is 0.0972 e. The van der Waals surface area contributed by atoms with Crippen molar-refractivity contribution in [1.82, 2.24) is 9.97 Å². The summed E-state index contributed by atoms with van der Waals surface area (Å²) in [7, 11) is 0. The maximum atomic E-state index is 5.23. The van der Waals surface area contributed by atoms with Crippen molar-refractivity contribution in [2.24, 2.45) is 0 Å². The number of benzene rings is 5. The third-order valence-electron chi connectivity index (χ3n) is 6.90. The zero-order chi connectivity index (χ0) is 23.9. The molecule has 7 aromatic rings. The molecule has 0 amide bonds. The van der Waals surface area contributed by atoms with Crippen LogP contribution in [-0.4, -0.2) is 9.97 Å². The first-order chi connectivity index (χ1) is 17.8. The van der Waals surface area contributed by atoms with Crippen molar-refractivity contribution >= 4 is 32.6 Å². The second-order valence-electron chi connectivity index (χ2n) is 9.06. The molecule has 0 saturated carbocycles. The first-order valence-electron chi connectivity index (χ1n) is 12.2. The molecule has 0 unspecified atom stereocenters. The molecule has 0 bridgehead atoms. The predicted octanol–water partition coefficient (Wildman–Crippen LogP) is 8.94. The van der Waals surface area contributed by atoms with Crippen molar-refractivity contribution in [2.75, 3.05) is 0 Å². The Kier molecular flexibility index (Phi) is 4.82. The van der Waals surface area contributed by atoms with E-state index in [2.05, 4.69) is 126 Å². The van der Waals surface area contributed by atoms with Crippen LogP contribution >= 0.6 is 0 Å². The molecule has 0 radical (unpaired) electrons. The van der Waals surface area contributed by atoms with Gasteiger partial charge in [0, 0.05) is 22.5 Å². The van der Waals surface area contributed by atoms with Crippen LogP contribution in [0.25, 0.3) is 66.1 Å². The van der Waals surface area contributed by atoms with Crippen LogP contribution in [-0.2, 0) is 0 Å². The highest BCUT2D eigenvalue weighted by atomic mass is 14.8. The molecule has 7 rings (SSSR count). The lowest BCUT2D eigenvalue weighted by atomic mass is 9.90. The molecule has 2 heteroatoms. The topological polar surface area (TPSA) is 25.8 Å². The fourth-order valence-corrected chi connectivity index (χ4v) is 5.15. The lowest BCUT2D eigenvalue weighted by molar-refractivity contribution is 1.37. The standard InChI is InChI=1S/C34H22N2/c1-2-8-23(9-3-1)27-11-6-12-28(22-27)30-19-17-24-10-4-5-14-29(24)32(30)31-20-18-26-16-15-25-13-7-21-35-33(25)34(26)36-31/h1-22H. The van der Waals surface area contributed by atoms with Crippen LogP contribution in [0.5, 0.6) is 0 Å². The van der Waals surface area contributed by atoms with Crippen molar-refractivity contribution in [1.29, 1.82) is 0 Å². The van der Waals surface area contributed by atoms with Crippen molar-refractivity contribution in [3.05, 3.63) is 134 Å². The smallest absolute Gasteiger partial charge is 0.0972 e. The number of fused-ring (bicyclic) bond motifs is 4. The Morgan fingerprint density at radius 1 is 0.444 bits per heavy atom. The summed E-state index contributed by atoms with van der Waals surface area (Å²) in [4.78, 5) is 9.90. The van der Waals surface area contributed by atoms with Crippen LogP contribution < -0.4 is 0 Å². The fourth-order valence-electron chi connectivity index (χ4n) is 5.15. The van der Waals surface area contributed by atoms with Crippen LogP contribution in [0.1, 0.15) is 0 Å². The number of hydrogen-bond acceptors (Lipinski definition) is 2. The molecule has 0 aliphatic rings. The molecular weight excluding hydrogens is 436 g/mol. The van der Waals surface area contributed by atoms with Gasteiger partial charge in [0.15, 0.2) is 0 Å². The quantitative estimate of drug-likeness (QED) is 0.247. The van der Waals surface area contributed by atoms with E-state index in [0.29, 0.717) is 0 Å². The van der Waals surface area contributed by atoms with Gasteiger partial charge in [-0.1, -0.05) is 109 Å². The minimum atomic E-state index is 0.933. The van der Waals surface area contributed by atoms with Gasteiger partial charge in [-0.3, -0.25) is 4.98 Å². The largest absolute Gasteiger partial charge is 0.254 e. The van der Waals surface area contributed by atoms with Gasteiger partial charge in [0.1, 0.15) is 0 Å². The van der Waals surface area contributed by atoms with Crippen LogP contribution in [0.2, 0.25) is 0 Å². The van der Waals surface area contributed by atoms with Gasteiger partial charge >= 0.3 is 0 Å². The third-order valence-corrected chi connectivity index (χ3v) is 6.90. The molecule has 0 saturated heterocycles. The van der Waals surface area contributed by atoms with Gasteiger partial charge in [-0.05, 0) is 51.2 Å². The van der Waals surface area contributed by atoms with E-state index < -0.39 is 0 Å². The molecule has 36 heavy (non-hydrogen) atoms. The Hall–Kier alpha value is -4.82. The second kappa shape index (κ2) is 8.44. The van der Waals surface area contributed by atoms with E-state index in [1.807, 2.05) is 12.3 Å². The molecule has 0 fully saturated rings. The second-order valence-corrected chi connectivity index (χ2v) is 9.06. The average Bonchev–Trinajstić information content (AvgIpc) is 2.97. The third kappa shape index (κ3) is 3.43. The summed E-state index contributed by atoms with van der Waals surface area (Å²) in [6.07, 6.45) is 1.84. The van der Waals surface area contributed by atoms with Gasteiger partial charge in [-0.2, -0.15) is 0 Å². The predicted molar refractivity (Wildman–Crippen MR) is 151 cm³/mol. The Balaban J connectivity index is 1.51. The average molecular weight is 459 g/mol. The molecule has 0 aliphatic heterocycles. The van der Waals surface area contributed by atoms with Crippen molar-refractivity contribution < 1.29 is 0 Å². The van der Waals surface area contributed by atoms with E-state index in [4.69, 9.17) is 4.98 Å². The molecule has 5 aromatic carbocycles. The zero-order valence-electron chi connectivity index (χ0n) is 19.6. The number of pyridine rings is 2. The van der Waals surface area contributed by atoms with E-state index >= 15 is 0 Å². The molecule has 2 aromatic heterocycles. The Morgan fingerprint density at radius 2 is 1.14 bits per heavy atom. The van der Waals surface area contributed by atoms with Gasteiger partial charge < -0.3 is 0 Å². The highest BCUT2D eigenvalue weighted by molar-refractivity contribution is 6.07. The van der Waals surface area contributed by atoms with Crippen molar-refractivity contribution in [3.8, 4) is 33.5 Å². The molecule has 2 nitrogen and oxygen atoms in total. The normalized spacial score (nSPS) is 11.3. The summed E-state index contributed by atoms with van der Waals surface area (Å²) in [5, 5.41) is 4.59. The number of aromatic nitrogens is 2. The van der Waals surface area contributed by atoms with E-state index in [-0.39, 0.29) is 0 Å². The highest BCUT2D eigenvalue weighted by Crippen LogP contribution is 2.39. The summed E-state index contributed by atoms with van der Waals surface area (Å²) in [5.74, 6) is 0. The number of hydrogen-bond donors (Lipinski definition) is 0. The number of nitrogens with zero attached hydrogens (tertiary/aromatic N) is 2. The summed E-state index contributed by atoms with van der Waals surface area (Å²) in [6, 6.07) is 44.9. The first-order valence-corrected chi connectivity index (χ1v) is 12.2. The van der Waals surface area contributed by atoms with Crippen molar-refractivity contribution in [2.45, 2.75) is 0 Å². The van der Waals surface area contributed by atoms with Crippen LogP contribution in [0.3, 0.4) is 0 Å². The minimum absolute atomic E-state index is 0.933. The highest BCUT2D eigenvalue weighted by Gasteiger charge is 2.15. The molecule has 2 heterocycles. The lowest BCUT2D eigenvalue weighted by Crippen LogP contribution is -1.93. The molecule has 0 aliphatic carbocycles. The fraction of sp³-hybridized carbons (Fsp3) is 0. The molecule has 0 spiro atoms. The van der Waals surface area contributed by atoms with E-state index in [9.17, 15) is 0 Å². The van der Waals surface area contributed by atoms with Gasteiger partial charge in [-0.25, -0.2) is 4.98 Å². The van der Waals surface area contributed by atoms with Gasteiger partial charge in [0.05, 0.1) is 16.7 Å². The monoisotopic (exact) mass is 458 g/mol. The van der Waals surface area contributed by atoms with Crippen molar-refractivity contribution in [3.63, 3.8) is 0 Å². The SMILES string of the molecule is c1ccc(-c2cccc(-c3ccc4ccccc4c3-c3ccc4ccc5cccnc5c4n3)c2)cc1. The summed E-state index contributed by atoms with van der Waals surface area (Å²) in [5.41, 5.74) is 8.73. The number of rotatable bonds is 3. The summed E-state index contributed by atoms with van der Waals surface area (Å²) in [6.45, 7) is 0. The summed E-state index contributed by atoms with van der Waals surface area (Å²) >= 11 is 0. The molecule has 0 N–H and O–H groups in total. The summed E-state index contributed by atoms with van der Waals surface area (Å²) < 4.78 is 0. The molecule has 0 atom stereocenters.